The molecule has 0 aromatic heterocycles. The van der Waals surface area contributed by atoms with Crippen LogP contribution in [0.3, 0.4) is 0 Å². The average Bonchev–Trinajstić information content (AvgIpc) is 2.74. The van der Waals surface area contributed by atoms with E-state index in [1.165, 1.54) is 122 Å². The lowest BCUT2D eigenvalue weighted by atomic mass is 10.0. The van der Waals surface area contributed by atoms with Gasteiger partial charge < -0.3 is 0 Å². The molecule has 3 heteroatoms. The van der Waals surface area contributed by atoms with Crippen molar-refractivity contribution < 1.29 is 0 Å². The van der Waals surface area contributed by atoms with Crippen LogP contribution < -0.4 is 0 Å². The van der Waals surface area contributed by atoms with Crippen LogP contribution in [0.25, 0.3) is 0 Å². The van der Waals surface area contributed by atoms with Crippen LogP contribution in [0.5, 0.6) is 0 Å². The highest BCUT2D eigenvalue weighted by molar-refractivity contribution is 14.0. The van der Waals surface area contributed by atoms with E-state index in [0.717, 1.165) is 0 Å². The van der Waals surface area contributed by atoms with Gasteiger partial charge in [-0.15, -0.1) is 24.0 Å². The van der Waals surface area contributed by atoms with E-state index in [2.05, 4.69) is 27.7 Å². The molecule has 0 radical (unpaired) electrons. The zero-order chi connectivity index (χ0) is 21.5. The van der Waals surface area contributed by atoms with Gasteiger partial charge in [0.2, 0.25) is 0 Å². The van der Waals surface area contributed by atoms with Gasteiger partial charge >= 0.3 is 0 Å². The SMILES string of the molecule is CCCCCCCCCCCCCCCC[P+](CCCC)(CCCC)CCCC.I.P. The molecule has 0 aliphatic carbocycles. The van der Waals surface area contributed by atoms with Crippen molar-refractivity contribution in [2.24, 2.45) is 0 Å². The van der Waals surface area contributed by atoms with E-state index in [-0.39, 0.29) is 33.9 Å². The molecule has 192 valence electrons. The summed E-state index contributed by atoms with van der Waals surface area (Å²) in [5, 5.41) is 0. The summed E-state index contributed by atoms with van der Waals surface area (Å²) in [6.07, 6.45) is 36.0. The molecule has 31 heavy (non-hydrogen) atoms. The fourth-order valence-corrected chi connectivity index (χ4v) is 9.99. The summed E-state index contributed by atoms with van der Waals surface area (Å²) in [6.45, 7) is 9.48. The van der Waals surface area contributed by atoms with Gasteiger partial charge in [-0.3, -0.25) is 0 Å². The Morgan fingerprint density at radius 3 is 0.839 bits per heavy atom. The minimum atomic E-state index is -0.630. The second-order valence-corrected chi connectivity index (χ2v) is 14.4. The molecule has 0 saturated carbocycles. The van der Waals surface area contributed by atoms with Gasteiger partial charge in [-0.2, -0.15) is 9.90 Å². The molecule has 0 amide bonds. The summed E-state index contributed by atoms with van der Waals surface area (Å²) < 4.78 is 0. The topological polar surface area (TPSA) is 0 Å². The molecule has 0 rings (SSSR count). The molecule has 0 aromatic carbocycles. The zero-order valence-electron chi connectivity index (χ0n) is 22.5. The molecule has 0 saturated heterocycles. The molecule has 0 nitrogen and oxygen atoms in total. The van der Waals surface area contributed by atoms with Crippen molar-refractivity contribution in [3.8, 4) is 0 Å². The first-order chi connectivity index (χ1) is 14.2. The molecule has 1 atom stereocenters. The van der Waals surface area contributed by atoms with Crippen LogP contribution in [0, 0.1) is 0 Å². The van der Waals surface area contributed by atoms with E-state index < -0.39 is 7.26 Å². The van der Waals surface area contributed by atoms with E-state index in [1.807, 2.05) is 0 Å². The van der Waals surface area contributed by atoms with Gasteiger partial charge in [-0.1, -0.05) is 124 Å². The van der Waals surface area contributed by atoms with Gasteiger partial charge in [-0.05, 0) is 32.1 Å². The van der Waals surface area contributed by atoms with Crippen LogP contribution in [0.4, 0.5) is 0 Å². The third-order valence-electron chi connectivity index (χ3n) is 6.94. The molecule has 0 bridgehead atoms. The van der Waals surface area contributed by atoms with Crippen molar-refractivity contribution in [3.63, 3.8) is 0 Å². The molecule has 0 spiro atoms. The summed E-state index contributed by atoms with van der Waals surface area (Å²) in [6, 6.07) is 0. The van der Waals surface area contributed by atoms with E-state index in [4.69, 9.17) is 0 Å². The minimum absolute atomic E-state index is 0. The van der Waals surface area contributed by atoms with Crippen molar-refractivity contribution >= 4 is 41.1 Å². The van der Waals surface area contributed by atoms with Crippen molar-refractivity contribution in [2.75, 3.05) is 24.6 Å². The highest BCUT2D eigenvalue weighted by Crippen LogP contribution is 2.61. The molecule has 0 heterocycles. The lowest BCUT2D eigenvalue weighted by Crippen LogP contribution is -2.13. The summed E-state index contributed by atoms with van der Waals surface area (Å²) in [7, 11) is -0.630. The molecule has 1 unspecified atom stereocenters. The second-order valence-electron chi connectivity index (χ2n) is 9.89. The van der Waals surface area contributed by atoms with Gasteiger partial charge in [0.15, 0.2) is 0 Å². The molecule has 0 aromatic rings. The Labute approximate surface area is 221 Å². The van der Waals surface area contributed by atoms with Gasteiger partial charge in [-0.25, -0.2) is 0 Å². The Morgan fingerprint density at radius 1 is 0.323 bits per heavy atom. The number of unbranched alkanes of at least 4 members (excludes halogenated alkanes) is 16. The van der Waals surface area contributed by atoms with Crippen LogP contribution in [0.15, 0.2) is 0 Å². The summed E-state index contributed by atoms with van der Waals surface area (Å²) in [5.41, 5.74) is 0. The first-order valence-electron chi connectivity index (χ1n) is 14.1. The van der Waals surface area contributed by atoms with E-state index >= 15 is 0 Å². The highest BCUT2D eigenvalue weighted by atomic mass is 127. The van der Waals surface area contributed by atoms with Crippen LogP contribution in [0.2, 0.25) is 0 Å². The summed E-state index contributed by atoms with van der Waals surface area (Å²) in [5.74, 6) is 0. The lowest BCUT2D eigenvalue weighted by Gasteiger charge is -2.28. The standard InChI is InChI=1S/C28H60P.HI.H3P/c1-5-9-13-14-15-16-17-18-19-20-21-22-23-24-28-29(25-10-6-2,26-11-7-3)27-12-8-4;;/h5-28H2,1-4H3;1H;1H3/q+1;;. The molecule has 0 aliphatic rings. The maximum absolute atomic E-state index is 2.39. The smallest absolute Gasteiger partial charge is 0.0594 e. The Hall–Kier alpha value is 1.59. The zero-order valence-corrected chi connectivity index (χ0v) is 27.2. The third kappa shape index (κ3) is 24.5. The average molecular weight is 590 g/mol. The fraction of sp³-hybridized carbons (Fsp3) is 1.00. The summed E-state index contributed by atoms with van der Waals surface area (Å²) >= 11 is 0. The monoisotopic (exact) mass is 589 g/mol. The highest BCUT2D eigenvalue weighted by Gasteiger charge is 2.34. The number of halogens is 1. The Bertz CT molecular complexity index is 288. The normalized spacial score (nSPS) is 11.2. The fourth-order valence-electron chi connectivity index (χ4n) is 4.79. The molecular weight excluding hydrogens is 525 g/mol. The van der Waals surface area contributed by atoms with Crippen molar-refractivity contribution in [3.05, 3.63) is 0 Å². The largest absolute Gasteiger partial charge is 0.153 e. The molecule has 0 N–H and O–H groups in total. The van der Waals surface area contributed by atoms with Crippen molar-refractivity contribution in [1.29, 1.82) is 0 Å². The Kier molecular flexibility index (Phi) is 35.5. The van der Waals surface area contributed by atoms with Gasteiger partial charge in [0, 0.05) is 7.26 Å². The van der Waals surface area contributed by atoms with Crippen LogP contribution in [-0.2, 0) is 0 Å². The lowest BCUT2D eigenvalue weighted by molar-refractivity contribution is 0.538. The van der Waals surface area contributed by atoms with E-state index in [1.54, 1.807) is 31.1 Å². The quantitative estimate of drug-likeness (QED) is 0.0597. The van der Waals surface area contributed by atoms with Gasteiger partial charge in [0.05, 0.1) is 24.6 Å². The van der Waals surface area contributed by atoms with Crippen LogP contribution in [0.1, 0.15) is 156 Å². The van der Waals surface area contributed by atoms with Gasteiger partial charge in [0.25, 0.3) is 0 Å². The Morgan fingerprint density at radius 2 is 0.548 bits per heavy atom. The maximum atomic E-state index is 2.39. The van der Waals surface area contributed by atoms with Crippen molar-refractivity contribution in [1.82, 2.24) is 0 Å². The third-order valence-corrected chi connectivity index (χ3v) is 12.0. The first kappa shape index (κ1) is 37.1. The van der Waals surface area contributed by atoms with Crippen LogP contribution >= 0.6 is 41.1 Å². The van der Waals surface area contributed by atoms with E-state index in [0.29, 0.717) is 0 Å². The number of hydrogen-bond donors (Lipinski definition) is 0. The molecule has 0 aliphatic heterocycles. The predicted octanol–water partition coefficient (Wildman–Crippen LogP) is 11.6. The van der Waals surface area contributed by atoms with Gasteiger partial charge in [0.1, 0.15) is 0 Å². The molecular formula is C28H64IP2+. The predicted molar refractivity (Wildman–Crippen MR) is 168 cm³/mol. The maximum Gasteiger partial charge on any atom is 0.0594 e. The summed E-state index contributed by atoms with van der Waals surface area (Å²) in [4.78, 5) is 0. The minimum Gasteiger partial charge on any atom is -0.153 e. The first-order valence-corrected chi connectivity index (χ1v) is 16.6. The molecule has 0 fully saturated rings. The second kappa shape index (κ2) is 29.6. The van der Waals surface area contributed by atoms with E-state index in [9.17, 15) is 0 Å². The van der Waals surface area contributed by atoms with Crippen molar-refractivity contribution in [2.45, 2.75) is 156 Å². The number of hydrogen-bond acceptors (Lipinski definition) is 0. The number of rotatable bonds is 24. The van der Waals surface area contributed by atoms with Crippen LogP contribution in [-0.4, -0.2) is 24.6 Å². The Balaban J connectivity index is -0.00000392.